The molecule has 0 atom stereocenters. The van der Waals surface area contributed by atoms with E-state index in [1.807, 2.05) is 36.4 Å². The van der Waals surface area contributed by atoms with Crippen LogP contribution in [0.15, 0.2) is 45.3 Å². The van der Waals surface area contributed by atoms with Gasteiger partial charge in [0.1, 0.15) is 11.5 Å². The zero-order valence-corrected chi connectivity index (χ0v) is 26.7. The molecule has 0 heterocycles. The van der Waals surface area contributed by atoms with Crippen molar-refractivity contribution in [2.24, 2.45) is 0 Å². The number of halogens is 2. The Kier molecular flexibility index (Phi) is 12.6. The zero-order valence-electron chi connectivity index (χ0n) is 23.5. The Morgan fingerprint density at radius 1 is 0.658 bits per heavy atom. The second kappa shape index (κ2) is 14.9. The predicted molar refractivity (Wildman–Crippen MR) is 161 cm³/mol. The van der Waals surface area contributed by atoms with Gasteiger partial charge in [-0.3, -0.25) is 9.59 Å². The first-order valence-electron chi connectivity index (χ1n) is 13.2. The molecule has 0 saturated carbocycles. The molecule has 0 saturated heterocycles. The van der Waals surface area contributed by atoms with Crippen LogP contribution >= 0.6 is 31.9 Å². The number of nitrogens with one attached hydrogen (secondary N) is 2. The average molecular weight is 654 g/mol. The number of ether oxygens (including phenoxy) is 2. The van der Waals surface area contributed by atoms with E-state index in [4.69, 9.17) is 9.47 Å². The van der Waals surface area contributed by atoms with Crippen molar-refractivity contribution in [3.8, 4) is 11.5 Å². The van der Waals surface area contributed by atoms with E-state index in [-0.39, 0.29) is 35.9 Å². The van der Waals surface area contributed by atoms with Gasteiger partial charge in [0.25, 0.3) is 11.8 Å². The number of unbranched alkanes of at least 4 members (excludes halogenated alkanes) is 3. The molecule has 0 fully saturated rings. The summed E-state index contributed by atoms with van der Waals surface area (Å²) in [6, 6.07) is 11.9. The lowest BCUT2D eigenvalue weighted by Gasteiger charge is -2.20. The van der Waals surface area contributed by atoms with Crippen LogP contribution in [0.3, 0.4) is 0 Å². The van der Waals surface area contributed by atoms with Crippen molar-refractivity contribution in [3.05, 3.63) is 56.5 Å². The molecule has 38 heavy (non-hydrogen) atoms. The van der Waals surface area contributed by atoms with E-state index < -0.39 is 0 Å². The average Bonchev–Trinajstić information content (AvgIpc) is 2.82. The fraction of sp³-hybridized carbons (Fsp3) is 0.533. The van der Waals surface area contributed by atoms with Crippen molar-refractivity contribution in [3.63, 3.8) is 0 Å². The standard InChI is InChI=1S/C30H42Br2N2O4/c1-29(2,3)21-11-13-25(23(31)17-21)37-19-27(35)33-15-9-7-8-10-16-34-28(36)20-38-26-14-12-22(18-24(26)32)30(4,5)6/h11-14,17-18H,7-10,15-16,19-20H2,1-6H3,(H,33,35)(H,34,36). The fourth-order valence-electron chi connectivity index (χ4n) is 3.62. The third-order valence-corrected chi connectivity index (χ3v) is 7.30. The van der Waals surface area contributed by atoms with Crippen molar-refractivity contribution in [1.82, 2.24) is 10.6 Å². The van der Waals surface area contributed by atoms with Gasteiger partial charge in [-0.05, 0) is 90.9 Å². The van der Waals surface area contributed by atoms with E-state index >= 15 is 0 Å². The monoisotopic (exact) mass is 652 g/mol. The maximum atomic E-state index is 12.1. The Morgan fingerprint density at radius 3 is 1.34 bits per heavy atom. The van der Waals surface area contributed by atoms with Crippen LogP contribution in [0.5, 0.6) is 11.5 Å². The molecule has 0 aliphatic heterocycles. The minimum Gasteiger partial charge on any atom is -0.483 e. The predicted octanol–water partition coefficient (Wildman–Crippen LogP) is 7.06. The second-order valence-corrected chi connectivity index (χ2v) is 13.2. The van der Waals surface area contributed by atoms with Crippen molar-refractivity contribution < 1.29 is 19.1 Å². The van der Waals surface area contributed by atoms with Crippen LogP contribution in [0.1, 0.15) is 78.4 Å². The Bertz CT molecular complexity index is 989. The van der Waals surface area contributed by atoms with Gasteiger partial charge in [0, 0.05) is 13.1 Å². The summed E-state index contributed by atoms with van der Waals surface area (Å²) < 4.78 is 13.0. The number of benzene rings is 2. The van der Waals surface area contributed by atoms with E-state index in [9.17, 15) is 9.59 Å². The van der Waals surface area contributed by atoms with E-state index in [0.29, 0.717) is 24.6 Å². The first-order chi connectivity index (χ1) is 17.8. The van der Waals surface area contributed by atoms with Crippen LogP contribution in [0.25, 0.3) is 0 Å². The Morgan fingerprint density at radius 2 is 1.03 bits per heavy atom. The normalized spacial score (nSPS) is 11.7. The molecular formula is C30H42Br2N2O4. The van der Waals surface area contributed by atoms with Crippen molar-refractivity contribution in [2.45, 2.75) is 78.1 Å². The number of hydrogen-bond donors (Lipinski definition) is 2. The van der Waals surface area contributed by atoms with Crippen LogP contribution < -0.4 is 20.1 Å². The van der Waals surface area contributed by atoms with Gasteiger partial charge in [0.05, 0.1) is 8.95 Å². The van der Waals surface area contributed by atoms with Crippen LogP contribution in [0.4, 0.5) is 0 Å². The number of amides is 2. The largest absolute Gasteiger partial charge is 0.483 e. The highest BCUT2D eigenvalue weighted by Gasteiger charge is 2.17. The molecule has 210 valence electrons. The van der Waals surface area contributed by atoms with Gasteiger partial charge in [-0.25, -0.2) is 0 Å². The first kappa shape index (κ1) is 32.2. The molecule has 0 spiro atoms. The van der Waals surface area contributed by atoms with Crippen molar-refractivity contribution in [1.29, 1.82) is 0 Å². The van der Waals surface area contributed by atoms with E-state index in [0.717, 1.165) is 34.6 Å². The Labute approximate surface area is 244 Å². The minimum atomic E-state index is -0.135. The van der Waals surface area contributed by atoms with E-state index in [2.05, 4.69) is 84.0 Å². The smallest absolute Gasteiger partial charge is 0.257 e. The van der Waals surface area contributed by atoms with Crippen molar-refractivity contribution >= 4 is 43.7 Å². The molecule has 0 radical (unpaired) electrons. The third kappa shape index (κ3) is 11.4. The maximum absolute atomic E-state index is 12.1. The molecule has 8 heteroatoms. The summed E-state index contributed by atoms with van der Waals surface area (Å²) in [5.41, 5.74) is 2.50. The molecule has 2 rings (SSSR count). The highest BCUT2D eigenvalue weighted by atomic mass is 79.9. The summed E-state index contributed by atoms with van der Waals surface area (Å²) in [5, 5.41) is 5.79. The van der Waals surface area contributed by atoms with Gasteiger partial charge in [-0.1, -0.05) is 66.5 Å². The van der Waals surface area contributed by atoms with Crippen LogP contribution in [-0.2, 0) is 20.4 Å². The zero-order chi connectivity index (χ0) is 28.3. The topological polar surface area (TPSA) is 76.7 Å². The third-order valence-electron chi connectivity index (χ3n) is 6.06. The molecule has 2 aromatic carbocycles. The SMILES string of the molecule is CC(C)(C)c1ccc(OCC(=O)NCCCCCCNC(=O)COc2ccc(C(C)(C)C)cc2Br)c(Br)c1. The highest BCUT2D eigenvalue weighted by molar-refractivity contribution is 9.10. The van der Waals surface area contributed by atoms with Crippen LogP contribution in [0.2, 0.25) is 0 Å². The molecule has 2 amide bonds. The lowest BCUT2D eigenvalue weighted by atomic mass is 9.87. The maximum Gasteiger partial charge on any atom is 0.257 e. The lowest BCUT2D eigenvalue weighted by Crippen LogP contribution is -2.30. The number of hydrogen-bond acceptors (Lipinski definition) is 4. The Hall–Kier alpha value is -2.06. The molecule has 0 aromatic heterocycles. The molecular weight excluding hydrogens is 612 g/mol. The molecule has 2 N–H and O–H groups in total. The van der Waals surface area contributed by atoms with Crippen molar-refractivity contribution in [2.75, 3.05) is 26.3 Å². The van der Waals surface area contributed by atoms with Crippen LogP contribution in [0, 0.1) is 0 Å². The van der Waals surface area contributed by atoms with E-state index in [1.54, 1.807) is 0 Å². The first-order valence-corrected chi connectivity index (χ1v) is 14.7. The molecule has 6 nitrogen and oxygen atoms in total. The summed E-state index contributed by atoms with van der Waals surface area (Å²) in [7, 11) is 0. The van der Waals surface area contributed by atoms with Gasteiger partial charge in [-0.15, -0.1) is 0 Å². The molecule has 0 aliphatic rings. The number of carbonyl (C=O) groups excluding carboxylic acids is 2. The molecule has 0 aliphatic carbocycles. The summed E-state index contributed by atoms with van der Waals surface area (Å²) >= 11 is 7.06. The summed E-state index contributed by atoms with van der Waals surface area (Å²) in [4.78, 5) is 24.2. The van der Waals surface area contributed by atoms with Crippen LogP contribution in [-0.4, -0.2) is 38.1 Å². The van der Waals surface area contributed by atoms with Gasteiger partial charge in [-0.2, -0.15) is 0 Å². The fourth-order valence-corrected chi connectivity index (χ4v) is 4.60. The van der Waals surface area contributed by atoms with Gasteiger partial charge < -0.3 is 20.1 Å². The van der Waals surface area contributed by atoms with E-state index in [1.165, 1.54) is 11.1 Å². The molecule has 0 unspecified atom stereocenters. The lowest BCUT2D eigenvalue weighted by molar-refractivity contribution is -0.123. The summed E-state index contributed by atoms with van der Waals surface area (Å²) in [5.74, 6) is 1.05. The molecule has 0 bridgehead atoms. The Balaban J connectivity index is 1.53. The van der Waals surface area contributed by atoms with Gasteiger partial charge in [0.15, 0.2) is 13.2 Å². The van der Waals surface area contributed by atoms with Gasteiger partial charge >= 0.3 is 0 Å². The minimum absolute atomic E-state index is 0.0150. The summed E-state index contributed by atoms with van der Waals surface area (Å²) in [6.45, 7) is 14.1. The highest BCUT2D eigenvalue weighted by Crippen LogP contribution is 2.32. The summed E-state index contributed by atoms with van der Waals surface area (Å²) in [6.07, 6.45) is 3.71. The molecule has 2 aromatic rings. The number of carbonyl (C=O) groups is 2. The second-order valence-electron chi connectivity index (χ2n) is 11.5. The number of rotatable bonds is 13. The quantitative estimate of drug-likeness (QED) is 0.227. The van der Waals surface area contributed by atoms with Gasteiger partial charge in [0.2, 0.25) is 0 Å².